The fourth-order valence-electron chi connectivity index (χ4n) is 2.34. The van der Waals surface area contributed by atoms with Crippen molar-refractivity contribution in [3.8, 4) is 0 Å². The third-order valence-electron chi connectivity index (χ3n) is 3.66. The zero-order valence-electron chi connectivity index (χ0n) is 13.7. The van der Waals surface area contributed by atoms with Crippen LogP contribution < -0.4 is 0 Å². The first-order chi connectivity index (χ1) is 11.0. The number of hydrogen-bond donors (Lipinski definition) is 0. The van der Waals surface area contributed by atoms with Gasteiger partial charge in [0, 0.05) is 13.5 Å². The molecule has 0 N–H and O–H groups in total. The molecule has 1 amide bonds. The van der Waals surface area contributed by atoms with Crippen LogP contribution in [0.3, 0.4) is 0 Å². The second-order valence-corrected chi connectivity index (χ2v) is 5.41. The van der Waals surface area contributed by atoms with Crippen LogP contribution in [-0.2, 0) is 22.5 Å². The first-order valence-electron chi connectivity index (χ1n) is 7.46. The highest BCUT2D eigenvalue weighted by Gasteiger charge is 2.17. The number of rotatable bonds is 6. The van der Waals surface area contributed by atoms with Crippen molar-refractivity contribution in [3.63, 3.8) is 0 Å². The highest BCUT2D eigenvalue weighted by atomic mass is 16.5. The highest BCUT2D eigenvalue weighted by Crippen LogP contribution is 2.17. The van der Waals surface area contributed by atoms with Gasteiger partial charge in [-0.2, -0.15) is 0 Å². The van der Waals surface area contributed by atoms with E-state index in [0.29, 0.717) is 36.5 Å². The number of aryl methyl sites for hydroxylation is 2. The molecule has 1 aromatic carbocycles. The van der Waals surface area contributed by atoms with Gasteiger partial charge in [-0.25, -0.2) is 4.79 Å². The number of ether oxygens (including phenoxy) is 1. The van der Waals surface area contributed by atoms with E-state index >= 15 is 0 Å². The third kappa shape index (κ3) is 4.45. The quantitative estimate of drug-likeness (QED) is 0.769. The average Bonchev–Trinajstić information content (AvgIpc) is 2.93. The maximum absolute atomic E-state index is 12.2. The van der Waals surface area contributed by atoms with Crippen LogP contribution in [0.1, 0.15) is 33.9 Å². The summed E-state index contributed by atoms with van der Waals surface area (Å²) in [4.78, 5) is 25.4. The zero-order chi connectivity index (χ0) is 16.8. The van der Waals surface area contributed by atoms with E-state index < -0.39 is 5.97 Å². The van der Waals surface area contributed by atoms with Crippen LogP contribution in [-0.4, -0.2) is 30.9 Å². The van der Waals surface area contributed by atoms with Crippen molar-refractivity contribution in [1.82, 2.24) is 4.90 Å². The van der Waals surface area contributed by atoms with Crippen molar-refractivity contribution < 1.29 is 18.7 Å². The number of amides is 1. The largest absolute Gasteiger partial charge is 0.465 e. The number of hydrogen-bond acceptors (Lipinski definition) is 4. The van der Waals surface area contributed by atoms with Gasteiger partial charge in [-0.1, -0.05) is 30.3 Å². The van der Waals surface area contributed by atoms with Crippen LogP contribution in [0.5, 0.6) is 0 Å². The van der Waals surface area contributed by atoms with E-state index in [1.54, 1.807) is 24.9 Å². The molecule has 0 spiro atoms. The monoisotopic (exact) mass is 315 g/mol. The van der Waals surface area contributed by atoms with Gasteiger partial charge in [-0.3, -0.25) is 4.79 Å². The summed E-state index contributed by atoms with van der Waals surface area (Å²) in [6.07, 6.45) is 1.14. The number of benzene rings is 1. The average molecular weight is 315 g/mol. The molecule has 0 saturated heterocycles. The van der Waals surface area contributed by atoms with Crippen LogP contribution >= 0.6 is 0 Å². The molecule has 1 aromatic heterocycles. The summed E-state index contributed by atoms with van der Waals surface area (Å²) in [5.74, 6) is 0.661. The van der Waals surface area contributed by atoms with Gasteiger partial charge in [0.15, 0.2) is 0 Å². The Bertz CT molecular complexity index is 676. The number of carbonyl (C=O) groups excluding carboxylic acids is 2. The van der Waals surface area contributed by atoms with E-state index in [2.05, 4.69) is 0 Å². The lowest BCUT2D eigenvalue weighted by atomic mass is 10.1. The Hall–Kier alpha value is -2.56. The molecule has 2 rings (SSSR count). The fraction of sp³-hybridized carbons (Fsp3) is 0.333. The summed E-state index contributed by atoms with van der Waals surface area (Å²) in [5, 5.41) is 0. The summed E-state index contributed by atoms with van der Waals surface area (Å²) >= 11 is 0. The van der Waals surface area contributed by atoms with Crippen LogP contribution in [0.2, 0.25) is 0 Å². The lowest BCUT2D eigenvalue weighted by Gasteiger charge is -2.15. The van der Waals surface area contributed by atoms with Crippen LogP contribution in [0, 0.1) is 6.92 Å². The zero-order valence-corrected chi connectivity index (χ0v) is 13.7. The minimum Gasteiger partial charge on any atom is -0.465 e. The van der Waals surface area contributed by atoms with Gasteiger partial charge in [-0.05, 0) is 25.0 Å². The molecular formula is C18H21NO4. The smallest absolute Gasteiger partial charge is 0.341 e. The molecule has 5 heteroatoms. The van der Waals surface area contributed by atoms with Crippen molar-refractivity contribution in [2.75, 3.05) is 14.2 Å². The summed E-state index contributed by atoms with van der Waals surface area (Å²) in [6, 6.07) is 11.5. The molecule has 0 atom stereocenters. The fourth-order valence-corrected chi connectivity index (χ4v) is 2.34. The number of nitrogens with zero attached hydrogens (tertiary/aromatic N) is 1. The van der Waals surface area contributed by atoms with Gasteiger partial charge < -0.3 is 14.1 Å². The van der Waals surface area contributed by atoms with E-state index in [1.165, 1.54) is 7.11 Å². The Morgan fingerprint density at radius 1 is 1.22 bits per heavy atom. The molecule has 0 saturated carbocycles. The normalized spacial score (nSPS) is 10.4. The maximum Gasteiger partial charge on any atom is 0.341 e. The second kappa shape index (κ2) is 7.63. The number of furan rings is 1. The van der Waals surface area contributed by atoms with E-state index in [-0.39, 0.29) is 5.91 Å². The standard InChI is InChI=1S/C18H21NO4/c1-13-16(18(21)22-3)11-15(23-13)12-19(2)17(20)10-9-14-7-5-4-6-8-14/h4-8,11H,9-10,12H2,1-3H3. The first kappa shape index (κ1) is 16.8. The minimum absolute atomic E-state index is 0.0301. The van der Waals surface area contributed by atoms with Crippen LogP contribution in [0.15, 0.2) is 40.8 Å². The summed E-state index contributed by atoms with van der Waals surface area (Å²) in [5.41, 5.74) is 1.53. The molecule has 5 nitrogen and oxygen atoms in total. The summed E-state index contributed by atoms with van der Waals surface area (Å²) in [7, 11) is 3.05. The van der Waals surface area contributed by atoms with E-state index in [4.69, 9.17) is 9.15 Å². The van der Waals surface area contributed by atoms with E-state index in [1.807, 2.05) is 30.3 Å². The highest BCUT2D eigenvalue weighted by molar-refractivity contribution is 5.90. The molecule has 0 fully saturated rings. The Kier molecular flexibility index (Phi) is 5.57. The molecule has 1 heterocycles. The second-order valence-electron chi connectivity index (χ2n) is 5.41. The number of esters is 1. The number of methoxy groups -OCH3 is 1. The molecule has 0 aliphatic heterocycles. The summed E-state index contributed by atoms with van der Waals surface area (Å²) < 4.78 is 10.2. The predicted molar refractivity (Wildman–Crippen MR) is 86.0 cm³/mol. The van der Waals surface area contributed by atoms with Crippen molar-refractivity contribution in [2.45, 2.75) is 26.3 Å². The van der Waals surface area contributed by atoms with Crippen molar-refractivity contribution in [2.24, 2.45) is 0 Å². The number of carbonyl (C=O) groups is 2. The van der Waals surface area contributed by atoms with Gasteiger partial charge in [-0.15, -0.1) is 0 Å². The predicted octanol–water partition coefficient (Wildman–Crippen LogP) is 2.97. The molecule has 0 unspecified atom stereocenters. The molecular weight excluding hydrogens is 294 g/mol. The van der Waals surface area contributed by atoms with Gasteiger partial charge in [0.1, 0.15) is 17.1 Å². The van der Waals surface area contributed by atoms with Gasteiger partial charge in [0.25, 0.3) is 0 Å². The van der Waals surface area contributed by atoms with Gasteiger partial charge >= 0.3 is 5.97 Å². The Morgan fingerprint density at radius 2 is 1.91 bits per heavy atom. The topological polar surface area (TPSA) is 59.8 Å². The maximum atomic E-state index is 12.2. The van der Waals surface area contributed by atoms with Gasteiger partial charge in [0.2, 0.25) is 5.91 Å². The van der Waals surface area contributed by atoms with E-state index in [0.717, 1.165) is 5.56 Å². The molecule has 0 radical (unpaired) electrons. The molecule has 122 valence electrons. The molecule has 0 aliphatic rings. The summed E-state index contributed by atoms with van der Waals surface area (Å²) in [6.45, 7) is 2.03. The minimum atomic E-state index is -0.435. The molecule has 0 bridgehead atoms. The van der Waals surface area contributed by atoms with Crippen LogP contribution in [0.25, 0.3) is 0 Å². The SMILES string of the molecule is COC(=O)c1cc(CN(C)C(=O)CCc2ccccc2)oc1C. The molecule has 2 aromatic rings. The van der Waals surface area contributed by atoms with Gasteiger partial charge in [0.05, 0.1) is 13.7 Å². The Labute approximate surface area is 135 Å². The lowest BCUT2D eigenvalue weighted by Crippen LogP contribution is -2.26. The Balaban J connectivity index is 1.92. The molecule has 23 heavy (non-hydrogen) atoms. The van der Waals surface area contributed by atoms with E-state index in [9.17, 15) is 9.59 Å². The van der Waals surface area contributed by atoms with Crippen molar-refractivity contribution >= 4 is 11.9 Å². The first-order valence-corrected chi connectivity index (χ1v) is 7.46. The van der Waals surface area contributed by atoms with Crippen molar-refractivity contribution in [1.29, 1.82) is 0 Å². The van der Waals surface area contributed by atoms with Crippen molar-refractivity contribution in [3.05, 3.63) is 59.0 Å². The molecule has 0 aliphatic carbocycles. The third-order valence-corrected chi connectivity index (χ3v) is 3.66. The lowest BCUT2D eigenvalue weighted by molar-refractivity contribution is -0.130. The Morgan fingerprint density at radius 3 is 2.57 bits per heavy atom. The van der Waals surface area contributed by atoms with Crippen LogP contribution in [0.4, 0.5) is 0 Å².